The summed E-state index contributed by atoms with van der Waals surface area (Å²) < 4.78 is 1.57. The lowest BCUT2D eigenvalue weighted by Crippen LogP contribution is -2.21. The number of benzene rings is 1. The van der Waals surface area contributed by atoms with Gasteiger partial charge in [0.2, 0.25) is 0 Å². The summed E-state index contributed by atoms with van der Waals surface area (Å²) in [5.74, 6) is -0.964. The van der Waals surface area contributed by atoms with Gasteiger partial charge in [0.15, 0.2) is 0 Å². The summed E-state index contributed by atoms with van der Waals surface area (Å²) in [5, 5.41) is 17.1. The molecule has 2 N–H and O–H groups in total. The first kappa shape index (κ1) is 14.6. The second-order valence-corrected chi connectivity index (χ2v) is 5.02. The van der Waals surface area contributed by atoms with Crippen LogP contribution in [0.2, 0.25) is 5.02 Å². The Labute approximate surface area is 122 Å². The average Bonchev–Trinajstić information content (AvgIpc) is 2.78. The van der Waals surface area contributed by atoms with Gasteiger partial charge in [-0.05, 0) is 24.6 Å². The van der Waals surface area contributed by atoms with E-state index in [0.717, 1.165) is 5.56 Å². The largest absolute Gasteiger partial charge is 0.478 e. The standard InChI is InChI=1S/C14H16ClN3O2/c1-9(10-3-5-11(15)6-4-10)16-8-13-12(14(19)20)7-17-18(13)2/h3-7,9,16H,8H2,1-2H3,(H,19,20)/t9-/m1/s1. The first-order valence-electron chi connectivity index (χ1n) is 6.22. The molecule has 20 heavy (non-hydrogen) atoms. The predicted octanol–water partition coefficient (Wildman–Crippen LogP) is 2.62. The van der Waals surface area contributed by atoms with Gasteiger partial charge < -0.3 is 10.4 Å². The van der Waals surface area contributed by atoms with Crippen molar-refractivity contribution in [3.63, 3.8) is 0 Å². The number of aromatic carboxylic acids is 1. The van der Waals surface area contributed by atoms with Crippen LogP contribution < -0.4 is 5.32 Å². The molecule has 1 atom stereocenters. The van der Waals surface area contributed by atoms with E-state index in [9.17, 15) is 4.79 Å². The third-order valence-corrected chi connectivity index (χ3v) is 3.49. The third-order valence-electron chi connectivity index (χ3n) is 3.24. The topological polar surface area (TPSA) is 67.2 Å². The van der Waals surface area contributed by atoms with Crippen molar-refractivity contribution in [1.29, 1.82) is 0 Å². The Kier molecular flexibility index (Phi) is 4.42. The molecule has 6 heteroatoms. The minimum atomic E-state index is -0.964. The molecule has 0 saturated carbocycles. The molecule has 0 saturated heterocycles. The number of hydrogen-bond donors (Lipinski definition) is 2. The van der Waals surface area contributed by atoms with E-state index in [1.807, 2.05) is 31.2 Å². The van der Waals surface area contributed by atoms with Gasteiger partial charge in [-0.15, -0.1) is 0 Å². The van der Waals surface area contributed by atoms with Crippen LogP contribution in [0.4, 0.5) is 0 Å². The van der Waals surface area contributed by atoms with Gasteiger partial charge in [0.05, 0.1) is 11.9 Å². The van der Waals surface area contributed by atoms with Crippen LogP contribution in [0.1, 0.15) is 34.6 Å². The van der Waals surface area contributed by atoms with Crippen molar-refractivity contribution in [2.45, 2.75) is 19.5 Å². The zero-order valence-electron chi connectivity index (χ0n) is 11.3. The number of aromatic nitrogens is 2. The fraction of sp³-hybridized carbons (Fsp3) is 0.286. The maximum Gasteiger partial charge on any atom is 0.339 e. The Morgan fingerprint density at radius 1 is 1.45 bits per heavy atom. The van der Waals surface area contributed by atoms with Gasteiger partial charge in [-0.1, -0.05) is 23.7 Å². The first-order valence-corrected chi connectivity index (χ1v) is 6.60. The van der Waals surface area contributed by atoms with Crippen LogP contribution in [0.15, 0.2) is 30.5 Å². The lowest BCUT2D eigenvalue weighted by atomic mass is 10.1. The number of carboxylic acids is 1. The molecule has 1 aromatic heterocycles. The SMILES string of the molecule is C[C@@H](NCc1c(C(=O)O)cnn1C)c1ccc(Cl)cc1. The minimum Gasteiger partial charge on any atom is -0.478 e. The van der Waals surface area contributed by atoms with Crippen LogP contribution in [0, 0.1) is 0 Å². The van der Waals surface area contributed by atoms with Crippen molar-refractivity contribution in [2.24, 2.45) is 7.05 Å². The molecular formula is C14H16ClN3O2. The van der Waals surface area contributed by atoms with Gasteiger partial charge in [-0.3, -0.25) is 4.68 Å². The fourth-order valence-corrected chi connectivity index (χ4v) is 2.10. The van der Waals surface area contributed by atoms with Crippen LogP contribution in [-0.4, -0.2) is 20.9 Å². The van der Waals surface area contributed by atoms with Crippen LogP contribution in [0.25, 0.3) is 0 Å². The highest BCUT2D eigenvalue weighted by Crippen LogP contribution is 2.17. The van der Waals surface area contributed by atoms with Gasteiger partial charge in [-0.2, -0.15) is 5.10 Å². The molecule has 2 rings (SSSR count). The van der Waals surface area contributed by atoms with E-state index in [1.54, 1.807) is 11.7 Å². The summed E-state index contributed by atoms with van der Waals surface area (Å²) >= 11 is 5.85. The number of hydrogen-bond acceptors (Lipinski definition) is 3. The molecule has 106 valence electrons. The number of nitrogens with zero attached hydrogens (tertiary/aromatic N) is 2. The quantitative estimate of drug-likeness (QED) is 0.889. The third kappa shape index (κ3) is 3.18. The molecule has 0 amide bonds. The van der Waals surface area contributed by atoms with Gasteiger partial charge in [0, 0.05) is 24.7 Å². The number of carbonyl (C=O) groups is 1. The molecule has 0 aliphatic rings. The average molecular weight is 294 g/mol. The predicted molar refractivity (Wildman–Crippen MR) is 76.9 cm³/mol. The molecule has 0 aliphatic carbocycles. The number of halogens is 1. The Morgan fingerprint density at radius 3 is 2.70 bits per heavy atom. The molecule has 0 bridgehead atoms. The summed E-state index contributed by atoms with van der Waals surface area (Å²) in [7, 11) is 1.73. The van der Waals surface area contributed by atoms with E-state index in [4.69, 9.17) is 16.7 Å². The van der Waals surface area contributed by atoms with E-state index in [2.05, 4.69) is 10.4 Å². The second-order valence-electron chi connectivity index (χ2n) is 4.59. The van der Waals surface area contributed by atoms with Crippen LogP contribution >= 0.6 is 11.6 Å². The molecular weight excluding hydrogens is 278 g/mol. The molecule has 0 fully saturated rings. The number of nitrogens with one attached hydrogen (secondary N) is 1. The number of rotatable bonds is 5. The maximum atomic E-state index is 11.1. The summed E-state index contributed by atoms with van der Waals surface area (Å²) in [5.41, 5.74) is 1.97. The Balaban J connectivity index is 2.07. The summed E-state index contributed by atoms with van der Waals surface area (Å²) in [4.78, 5) is 11.1. The van der Waals surface area contributed by atoms with E-state index in [0.29, 0.717) is 17.3 Å². The van der Waals surface area contributed by atoms with Crippen LogP contribution in [0.3, 0.4) is 0 Å². The van der Waals surface area contributed by atoms with E-state index >= 15 is 0 Å². The zero-order chi connectivity index (χ0) is 14.7. The number of carboxylic acid groups (broad SMARTS) is 1. The molecule has 0 aliphatic heterocycles. The monoisotopic (exact) mass is 293 g/mol. The van der Waals surface area contributed by atoms with Gasteiger partial charge in [0.1, 0.15) is 5.56 Å². The zero-order valence-corrected chi connectivity index (χ0v) is 12.1. The fourth-order valence-electron chi connectivity index (χ4n) is 1.97. The lowest BCUT2D eigenvalue weighted by Gasteiger charge is -2.15. The summed E-state index contributed by atoms with van der Waals surface area (Å²) in [6.07, 6.45) is 1.37. The molecule has 2 aromatic rings. The maximum absolute atomic E-state index is 11.1. The van der Waals surface area contributed by atoms with E-state index < -0.39 is 5.97 Å². The van der Waals surface area contributed by atoms with E-state index in [-0.39, 0.29) is 11.6 Å². The summed E-state index contributed by atoms with van der Waals surface area (Å²) in [6, 6.07) is 7.65. The molecule has 0 spiro atoms. The molecule has 0 radical (unpaired) electrons. The second kappa shape index (κ2) is 6.07. The van der Waals surface area contributed by atoms with Gasteiger partial charge in [-0.25, -0.2) is 4.79 Å². The Hall–Kier alpha value is -1.85. The van der Waals surface area contributed by atoms with Crippen LogP contribution in [-0.2, 0) is 13.6 Å². The molecule has 0 unspecified atom stereocenters. The smallest absolute Gasteiger partial charge is 0.339 e. The Bertz CT molecular complexity index is 607. The van der Waals surface area contributed by atoms with Gasteiger partial charge >= 0.3 is 5.97 Å². The molecule has 1 heterocycles. The Morgan fingerprint density at radius 2 is 2.10 bits per heavy atom. The van der Waals surface area contributed by atoms with Crippen molar-refractivity contribution in [3.05, 3.63) is 52.3 Å². The van der Waals surface area contributed by atoms with Crippen molar-refractivity contribution in [1.82, 2.24) is 15.1 Å². The molecule has 5 nitrogen and oxygen atoms in total. The highest BCUT2D eigenvalue weighted by atomic mass is 35.5. The first-order chi connectivity index (χ1) is 9.49. The van der Waals surface area contributed by atoms with Crippen LogP contribution in [0.5, 0.6) is 0 Å². The lowest BCUT2D eigenvalue weighted by molar-refractivity contribution is 0.0695. The molecule has 1 aromatic carbocycles. The van der Waals surface area contributed by atoms with Gasteiger partial charge in [0.25, 0.3) is 0 Å². The van der Waals surface area contributed by atoms with Crippen molar-refractivity contribution in [2.75, 3.05) is 0 Å². The highest BCUT2D eigenvalue weighted by Gasteiger charge is 2.15. The van der Waals surface area contributed by atoms with Crippen molar-refractivity contribution >= 4 is 17.6 Å². The number of aryl methyl sites for hydroxylation is 1. The van der Waals surface area contributed by atoms with Crippen molar-refractivity contribution in [3.8, 4) is 0 Å². The minimum absolute atomic E-state index is 0.0869. The van der Waals surface area contributed by atoms with Crippen molar-refractivity contribution < 1.29 is 9.90 Å². The normalized spacial score (nSPS) is 12.3. The summed E-state index contributed by atoms with van der Waals surface area (Å²) in [6.45, 7) is 2.45. The highest BCUT2D eigenvalue weighted by molar-refractivity contribution is 6.30. The van der Waals surface area contributed by atoms with E-state index in [1.165, 1.54) is 6.20 Å².